The fourth-order valence-corrected chi connectivity index (χ4v) is 8.98. The molecular formula is C50H30N4O2. The van der Waals surface area contributed by atoms with Gasteiger partial charge < -0.3 is 14.1 Å². The molecule has 0 atom stereocenters. The van der Waals surface area contributed by atoms with Crippen molar-refractivity contribution in [2.75, 3.05) is 4.90 Å². The Bertz CT molecular complexity index is 2960. The van der Waals surface area contributed by atoms with E-state index in [9.17, 15) is 0 Å². The number of nitrogens with zero attached hydrogens (tertiary/aromatic N) is 4. The molecule has 0 saturated carbocycles. The van der Waals surface area contributed by atoms with Crippen LogP contribution in [0.2, 0.25) is 0 Å². The van der Waals surface area contributed by atoms with E-state index >= 15 is 0 Å². The maximum Gasteiger partial charge on any atom is 0.167 e. The molecule has 3 heterocycles. The Morgan fingerprint density at radius 2 is 1.00 bits per heavy atom. The fourth-order valence-electron chi connectivity index (χ4n) is 8.98. The van der Waals surface area contributed by atoms with Gasteiger partial charge in [0.25, 0.3) is 0 Å². The van der Waals surface area contributed by atoms with Crippen LogP contribution >= 0.6 is 0 Å². The minimum Gasteiger partial charge on any atom is -0.459 e. The second-order valence-electron chi connectivity index (χ2n) is 14.3. The largest absolute Gasteiger partial charge is 0.459 e. The number of rotatable bonds is 4. The number of aromatic nitrogens is 3. The van der Waals surface area contributed by atoms with Gasteiger partial charge in [-0.05, 0) is 52.6 Å². The Balaban J connectivity index is 1.18. The van der Waals surface area contributed by atoms with Gasteiger partial charge in [-0.15, -0.1) is 0 Å². The highest BCUT2D eigenvalue weighted by atomic mass is 16.5. The second-order valence-corrected chi connectivity index (χ2v) is 14.3. The third-order valence-electron chi connectivity index (χ3n) is 11.3. The Kier molecular flexibility index (Phi) is 6.45. The summed E-state index contributed by atoms with van der Waals surface area (Å²) in [6.07, 6.45) is 0. The van der Waals surface area contributed by atoms with Crippen LogP contribution in [0.15, 0.2) is 192 Å². The molecule has 0 N–H and O–H groups in total. The van der Waals surface area contributed by atoms with Gasteiger partial charge in [0.15, 0.2) is 29.0 Å². The summed E-state index contributed by atoms with van der Waals surface area (Å²) in [4.78, 5) is 17.7. The van der Waals surface area contributed by atoms with Crippen LogP contribution in [-0.2, 0) is 5.41 Å². The molecular weight excluding hydrogens is 689 g/mol. The predicted octanol–water partition coefficient (Wildman–Crippen LogP) is 11.8. The Morgan fingerprint density at radius 3 is 1.66 bits per heavy atom. The lowest BCUT2D eigenvalue weighted by Gasteiger charge is -2.37. The van der Waals surface area contributed by atoms with Gasteiger partial charge in [0, 0.05) is 22.2 Å². The van der Waals surface area contributed by atoms with E-state index in [0.29, 0.717) is 23.2 Å². The van der Waals surface area contributed by atoms with Gasteiger partial charge in [0.2, 0.25) is 0 Å². The molecule has 1 spiro atoms. The van der Waals surface area contributed by atoms with Crippen molar-refractivity contribution in [3.8, 4) is 51.0 Å². The van der Waals surface area contributed by atoms with Crippen LogP contribution in [0.3, 0.4) is 0 Å². The topological polar surface area (TPSA) is 64.3 Å². The van der Waals surface area contributed by atoms with Crippen LogP contribution < -0.4 is 9.64 Å². The summed E-state index contributed by atoms with van der Waals surface area (Å²) in [6, 6.07) is 62.5. The summed E-state index contributed by atoms with van der Waals surface area (Å²) in [6.45, 7) is 0. The maximum absolute atomic E-state index is 7.60. The SMILES string of the molecule is c1ccc(-c2nc(-c3ccccc3)nc(-c3cccc4c3OC3=C(c5c(oc6ccccc56)C35c3ccccc3-c3ccccc35)N4c3ccccc3)n2)cc1. The number of allylic oxidation sites excluding steroid dienone is 1. The number of ether oxygens (including phenoxy) is 1. The molecule has 6 nitrogen and oxygen atoms in total. The number of benzene rings is 7. The summed E-state index contributed by atoms with van der Waals surface area (Å²) < 4.78 is 14.7. The molecule has 1 aliphatic heterocycles. The summed E-state index contributed by atoms with van der Waals surface area (Å²) in [5.74, 6) is 4.00. The molecule has 2 aromatic heterocycles. The first kappa shape index (κ1) is 30.8. The molecule has 2 aliphatic carbocycles. The van der Waals surface area contributed by atoms with Gasteiger partial charge in [-0.2, -0.15) is 0 Å². The molecule has 56 heavy (non-hydrogen) atoms. The lowest BCUT2D eigenvalue weighted by Crippen LogP contribution is -2.33. The van der Waals surface area contributed by atoms with E-state index in [-0.39, 0.29) is 0 Å². The molecule has 0 unspecified atom stereocenters. The van der Waals surface area contributed by atoms with Crippen molar-refractivity contribution in [1.82, 2.24) is 15.0 Å². The normalized spacial score (nSPS) is 14.2. The molecule has 12 rings (SSSR count). The van der Waals surface area contributed by atoms with Crippen molar-refractivity contribution in [3.05, 3.63) is 210 Å². The van der Waals surface area contributed by atoms with E-state index in [2.05, 4.69) is 120 Å². The Labute approximate surface area is 322 Å². The lowest BCUT2D eigenvalue weighted by molar-refractivity contribution is 0.347. The third-order valence-corrected chi connectivity index (χ3v) is 11.3. The van der Waals surface area contributed by atoms with Crippen LogP contribution in [-0.4, -0.2) is 15.0 Å². The summed E-state index contributed by atoms with van der Waals surface area (Å²) in [5, 5.41) is 1.04. The van der Waals surface area contributed by atoms with E-state index in [1.165, 1.54) is 0 Å². The number of hydrogen-bond donors (Lipinski definition) is 0. The predicted molar refractivity (Wildman–Crippen MR) is 220 cm³/mol. The van der Waals surface area contributed by atoms with Crippen LogP contribution in [0.25, 0.3) is 62.0 Å². The summed E-state index contributed by atoms with van der Waals surface area (Å²) >= 11 is 0. The van der Waals surface area contributed by atoms with Crippen molar-refractivity contribution < 1.29 is 9.15 Å². The van der Waals surface area contributed by atoms with Gasteiger partial charge in [0.05, 0.1) is 22.5 Å². The van der Waals surface area contributed by atoms with Gasteiger partial charge in [0.1, 0.15) is 16.8 Å². The third kappa shape index (κ3) is 4.18. The number of fused-ring (bicyclic) bond motifs is 12. The van der Waals surface area contributed by atoms with E-state index in [1.54, 1.807) is 0 Å². The van der Waals surface area contributed by atoms with Gasteiger partial charge in [-0.25, -0.2) is 15.0 Å². The summed E-state index contributed by atoms with van der Waals surface area (Å²) in [7, 11) is 0. The van der Waals surface area contributed by atoms with E-state index in [1.807, 2.05) is 66.7 Å². The lowest BCUT2D eigenvalue weighted by atomic mass is 9.76. The van der Waals surface area contributed by atoms with Crippen LogP contribution in [0, 0.1) is 0 Å². The molecule has 0 fully saturated rings. The first-order valence-corrected chi connectivity index (χ1v) is 18.8. The molecule has 0 amide bonds. The zero-order valence-corrected chi connectivity index (χ0v) is 29.9. The monoisotopic (exact) mass is 718 g/mol. The van der Waals surface area contributed by atoms with Crippen molar-refractivity contribution in [3.63, 3.8) is 0 Å². The molecule has 0 saturated heterocycles. The Morgan fingerprint density at radius 1 is 0.464 bits per heavy atom. The van der Waals surface area contributed by atoms with Crippen molar-refractivity contribution >= 4 is 28.0 Å². The van der Waals surface area contributed by atoms with Crippen LogP contribution in [0.1, 0.15) is 22.5 Å². The quantitative estimate of drug-likeness (QED) is 0.180. The smallest absolute Gasteiger partial charge is 0.167 e. The summed E-state index contributed by atoms with van der Waals surface area (Å²) in [5.41, 5.74) is 11.0. The molecule has 262 valence electrons. The zero-order chi connectivity index (χ0) is 36.8. The van der Waals surface area contributed by atoms with Crippen molar-refractivity contribution in [2.24, 2.45) is 0 Å². The average Bonchev–Trinajstić information content (AvgIpc) is 3.90. The number of para-hydroxylation sites is 3. The van der Waals surface area contributed by atoms with Gasteiger partial charge in [-0.3, -0.25) is 0 Å². The van der Waals surface area contributed by atoms with Gasteiger partial charge >= 0.3 is 0 Å². The van der Waals surface area contributed by atoms with E-state index < -0.39 is 5.41 Å². The van der Waals surface area contributed by atoms with E-state index in [4.69, 9.17) is 24.1 Å². The highest BCUT2D eigenvalue weighted by Gasteiger charge is 2.60. The number of hydrogen-bond acceptors (Lipinski definition) is 6. The maximum atomic E-state index is 7.60. The average molecular weight is 719 g/mol. The first-order chi connectivity index (χ1) is 27.8. The molecule has 6 heteroatoms. The van der Waals surface area contributed by atoms with Crippen LogP contribution in [0.4, 0.5) is 11.4 Å². The highest BCUT2D eigenvalue weighted by Crippen LogP contribution is 2.67. The van der Waals surface area contributed by atoms with Crippen LogP contribution in [0.5, 0.6) is 5.75 Å². The minimum absolute atomic E-state index is 0.521. The Hall–Kier alpha value is -7.57. The van der Waals surface area contributed by atoms with Crippen molar-refractivity contribution in [2.45, 2.75) is 5.41 Å². The second kappa shape index (κ2) is 11.7. The number of furan rings is 1. The zero-order valence-electron chi connectivity index (χ0n) is 29.9. The molecule has 7 aromatic carbocycles. The standard InChI is InChI=1S/C50H30N4O2/c1-4-17-31(18-5-1)47-51-48(32-19-6-2-7-20-32)53-49(52-47)37-26-16-29-40-44(37)56-46-43(54(40)33-21-8-3-9-22-33)42-36-25-12-15-30-41(36)55-45(42)50(46)38-27-13-10-23-34(38)35-24-11-14-28-39(35)50/h1-30H. The van der Waals surface area contributed by atoms with E-state index in [0.717, 1.165) is 84.1 Å². The van der Waals surface area contributed by atoms with Gasteiger partial charge in [-0.1, -0.05) is 152 Å². The minimum atomic E-state index is -0.877. The molecule has 0 radical (unpaired) electrons. The highest BCUT2D eigenvalue weighted by molar-refractivity contribution is 6.08. The molecule has 9 aromatic rings. The first-order valence-electron chi connectivity index (χ1n) is 18.8. The molecule has 3 aliphatic rings. The van der Waals surface area contributed by atoms with Crippen molar-refractivity contribution in [1.29, 1.82) is 0 Å². The molecule has 0 bridgehead atoms. The number of anilines is 2. The fraction of sp³-hybridized carbons (Fsp3) is 0.0200.